The minimum absolute atomic E-state index is 0.0709. The fraction of sp³-hybridized carbons (Fsp3) is 0.474. The molecule has 1 aliphatic heterocycles. The molecular formula is C19H22N4O. The van der Waals surface area contributed by atoms with Crippen molar-refractivity contribution in [2.45, 2.75) is 32.1 Å². The molecule has 0 bridgehead atoms. The number of pyridine rings is 1. The Bertz CT molecular complexity index is 706. The molecule has 1 amide bonds. The Hall–Kier alpha value is -2.30. The maximum absolute atomic E-state index is 13.0. The van der Waals surface area contributed by atoms with Crippen LogP contribution in [0.15, 0.2) is 36.9 Å². The SMILES string of the molecule is O=C(c1cccnc1-c1ccncn1)N1CCC(CC2CC2)CC1. The molecule has 124 valence electrons. The molecule has 0 N–H and O–H groups in total. The highest BCUT2D eigenvalue weighted by Gasteiger charge is 2.30. The van der Waals surface area contributed by atoms with Crippen molar-refractivity contribution in [3.05, 3.63) is 42.5 Å². The predicted octanol–water partition coefficient (Wildman–Crippen LogP) is 3.19. The Morgan fingerprint density at radius 1 is 1.04 bits per heavy atom. The van der Waals surface area contributed by atoms with Gasteiger partial charge in [0, 0.05) is 25.5 Å². The molecule has 1 saturated heterocycles. The molecule has 4 rings (SSSR count). The Morgan fingerprint density at radius 2 is 1.83 bits per heavy atom. The average Bonchev–Trinajstić information content (AvgIpc) is 3.46. The van der Waals surface area contributed by atoms with E-state index in [1.807, 2.05) is 17.0 Å². The molecule has 1 saturated carbocycles. The van der Waals surface area contributed by atoms with Crippen molar-refractivity contribution >= 4 is 5.91 Å². The van der Waals surface area contributed by atoms with Crippen LogP contribution in [0, 0.1) is 11.8 Å². The molecule has 2 fully saturated rings. The Kier molecular flexibility index (Phi) is 4.24. The van der Waals surface area contributed by atoms with Crippen LogP contribution in [-0.2, 0) is 0 Å². The highest BCUT2D eigenvalue weighted by atomic mass is 16.2. The normalized spacial score (nSPS) is 18.6. The fourth-order valence-corrected chi connectivity index (χ4v) is 3.58. The van der Waals surface area contributed by atoms with Gasteiger partial charge in [-0.1, -0.05) is 12.8 Å². The number of aromatic nitrogens is 3. The molecule has 5 nitrogen and oxygen atoms in total. The lowest BCUT2D eigenvalue weighted by atomic mass is 9.91. The summed E-state index contributed by atoms with van der Waals surface area (Å²) in [4.78, 5) is 27.5. The number of piperidine rings is 1. The zero-order valence-electron chi connectivity index (χ0n) is 13.8. The standard InChI is InChI=1S/C19H22N4O/c24-19(23-10-6-15(7-11-23)12-14-3-4-14)16-2-1-8-21-18(16)17-5-9-20-13-22-17/h1-2,5,8-9,13-15H,3-4,6-7,10-12H2. The second-order valence-corrected chi connectivity index (χ2v) is 6.91. The van der Waals surface area contributed by atoms with Gasteiger partial charge in [0.2, 0.25) is 0 Å². The van der Waals surface area contributed by atoms with Crippen LogP contribution < -0.4 is 0 Å². The van der Waals surface area contributed by atoms with Crippen LogP contribution >= 0.6 is 0 Å². The van der Waals surface area contributed by atoms with Gasteiger partial charge in [-0.3, -0.25) is 9.78 Å². The summed E-state index contributed by atoms with van der Waals surface area (Å²) in [5.74, 6) is 1.85. The zero-order valence-corrected chi connectivity index (χ0v) is 13.8. The van der Waals surface area contributed by atoms with Crippen molar-refractivity contribution in [3.8, 4) is 11.4 Å². The Labute approximate surface area is 142 Å². The van der Waals surface area contributed by atoms with E-state index >= 15 is 0 Å². The van der Waals surface area contributed by atoms with Gasteiger partial charge < -0.3 is 4.90 Å². The van der Waals surface area contributed by atoms with E-state index in [9.17, 15) is 4.79 Å². The average molecular weight is 322 g/mol. The summed E-state index contributed by atoms with van der Waals surface area (Å²) >= 11 is 0. The first-order valence-corrected chi connectivity index (χ1v) is 8.82. The molecule has 0 spiro atoms. The molecule has 0 atom stereocenters. The number of hydrogen-bond donors (Lipinski definition) is 0. The molecule has 0 unspecified atom stereocenters. The molecule has 1 aliphatic carbocycles. The lowest BCUT2D eigenvalue weighted by Gasteiger charge is -2.32. The molecule has 2 aromatic heterocycles. The molecule has 0 aromatic carbocycles. The van der Waals surface area contributed by atoms with Gasteiger partial charge in [-0.25, -0.2) is 9.97 Å². The van der Waals surface area contributed by atoms with Crippen LogP contribution in [0.5, 0.6) is 0 Å². The number of likely N-dealkylation sites (tertiary alicyclic amines) is 1. The van der Waals surface area contributed by atoms with Gasteiger partial charge in [0.25, 0.3) is 5.91 Å². The summed E-state index contributed by atoms with van der Waals surface area (Å²) in [5.41, 5.74) is 1.97. The monoisotopic (exact) mass is 322 g/mol. The van der Waals surface area contributed by atoms with E-state index in [1.165, 1.54) is 25.6 Å². The third-order valence-corrected chi connectivity index (χ3v) is 5.13. The molecule has 0 radical (unpaired) electrons. The smallest absolute Gasteiger partial charge is 0.256 e. The van der Waals surface area contributed by atoms with E-state index in [2.05, 4.69) is 15.0 Å². The van der Waals surface area contributed by atoms with Gasteiger partial charge in [-0.2, -0.15) is 0 Å². The van der Waals surface area contributed by atoms with Gasteiger partial charge in [-0.15, -0.1) is 0 Å². The van der Waals surface area contributed by atoms with Gasteiger partial charge >= 0.3 is 0 Å². The maximum atomic E-state index is 13.0. The quantitative estimate of drug-likeness (QED) is 0.867. The third-order valence-electron chi connectivity index (χ3n) is 5.13. The van der Waals surface area contributed by atoms with Crippen LogP contribution in [0.25, 0.3) is 11.4 Å². The number of carbonyl (C=O) groups is 1. The maximum Gasteiger partial charge on any atom is 0.256 e. The van der Waals surface area contributed by atoms with E-state index < -0.39 is 0 Å². The topological polar surface area (TPSA) is 59.0 Å². The minimum Gasteiger partial charge on any atom is -0.339 e. The number of nitrogens with zero attached hydrogens (tertiary/aromatic N) is 4. The number of carbonyl (C=O) groups excluding carboxylic acids is 1. The number of rotatable bonds is 4. The van der Waals surface area contributed by atoms with Gasteiger partial charge in [0.1, 0.15) is 12.0 Å². The van der Waals surface area contributed by atoms with Crippen molar-refractivity contribution in [2.75, 3.05) is 13.1 Å². The fourth-order valence-electron chi connectivity index (χ4n) is 3.58. The molecule has 2 aliphatic rings. The number of hydrogen-bond acceptors (Lipinski definition) is 4. The third kappa shape index (κ3) is 3.30. The minimum atomic E-state index is 0.0709. The first-order valence-electron chi connectivity index (χ1n) is 8.82. The van der Waals surface area contributed by atoms with Crippen molar-refractivity contribution in [3.63, 3.8) is 0 Å². The van der Waals surface area contributed by atoms with Crippen molar-refractivity contribution in [1.82, 2.24) is 19.9 Å². The summed E-state index contributed by atoms with van der Waals surface area (Å²) in [6, 6.07) is 5.46. The summed E-state index contributed by atoms with van der Waals surface area (Å²) in [6.07, 6.45) is 11.3. The molecule has 24 heavy (non-hydrogen) atoms. The Morgan fingerprint density at radius 3 is 2.54 bits per heavy atom. The van der Waals surface area contributed by atoms with Crippen molar-refractivity contribution in [1.29, 1.82) is 0 Å². The molecule has 3 heterocycles. The molecule has 2 aromatic rings. The molecule has 5 heteroatoms. The lowest BCUT2D eigenvalue weighted by molar-refractivity contribution is 0.0685. The first-order chi connectivity index (χ1) is 11.8. The Balaban J connectivity index is 1.49. The summed E-state index contributed by atoms with van der Waals surface area (Å²) in [5, 5.41) is 0. The van der Waals surface area contributed by atoms with E-state index in [0.717, 1.165) is 37.8 Å². The largest absolute Gasteiger partial charge is 0.339 e. The number of amides is 1. The predicted molar refractivity (Wildman–Crippen MR) is 91.2 cm³/mol. The van der Waals surface area contributed by atoms with Gasteiger partial charge in [0.15, 0.2) is 0 Å². The summed E-state index contributed by atoms with van der Waals surface area (Å²) in [6.45, 7) is 1.71. The summed E-state index contributed by atoms with van der Waals surface area (Å²) < 4.78 is 0. The van der Waals surface area contributed by atoms with E-state index in [-0.39, 0.29) is 5.91 Å². The van der Waals surface area contributed by atoms with Crippen LogP contribution in [0.1, 0.15) is 42.5 Å². The van der Waals surface area contributed by atoms with Crippen molar-refractivity contribution < 1.29 is 4.79 Å². The summed E-state index contributed by atoms with van der Waals surface area (Å²) in [7, 11) is 0. The second kappa shape index (κ2) is 6.67. The lowest BCUT2D eigenvalue weighted by Crippen LogP contribution is -2.38. The van der Waals surface area contributed by atoms with Gasteiger partial charge in [0.05, 0.1) is 11.3 Å². The van der Waals surface area contributed by atoms with E-state index in [4.69, 9.17) is 0 Å². The van der Waals surface area contributed by atoms with Gasteiger partial charge in [-0.05, 0) is 49.3 Å². The van der Waals surface area contributed by atoms with Crippen molar-refractivity contribution in [2.24, 2.45) is 11.8 Å². The zero-order chi connectivity index (χ0) is 16.4. The van der Waals surface area contributed by atoms with Crippen LogP contribution in [0.3, 0.4) is 0 Å². The highest BCUT2D eigenvalue weighted by molar-refractivity contribution is 5.99. The molecular weight excluding hydrogens is 300 g/mol. The highest BCUT2D eigenvalue weighted by Crippen LogP contribution is 2.38. The van der Waals surface area contributed by atoms with Crippen LogP contribution in [-0.4, -0.2) is 38.8 Å². The van der Waals surface area contributed by atoms with Crippen LogP contribution in [0.4, 0.5) is 0 Å². The van der Waals surface area contributed by atoms with E-state index in [1.54, 1.807) is 18.5 Å². The first kappa shape index (κ1) is 15.2. The second-order valence-electron chi connectivity index (χ2n) is 6.91. The van der Waals surface area contributed by atoms with Crippen LogP contribution in [0.2, 0.25) is 0 Å². The van der Waals surface area contributed by atoms with E-state index in [0.29, 0.717) is 17.0 Å².